The molecule has 0 aliphatic heterocycles. The number of unbranched alkanes of at least 4 members (excludes halogenated alkanes) is 1. The minimum Gasteiger partial charge on any atom is -0.452 e. The van der Waals surface area contributed by atoms with Gasteiger partial charge in [0.2, 0.25) is 6.29 Å². The van der Waals surface area contributed by atoms with Gasteiger partial charge in [-0.3, -0.25) is 14.5 Å². The van der Waals surface area contributed by atoms with Crippen LogP contribution in [0.3, 0.4) is 0 Å². The minimum atomic E-state index is -0.815. The van der Waals surface area contributed by atoms with Gasteiger partial charge in [0.25, 0.3) is 0 Å². The lowest BCUT2D eigenvalue weighted by atomic mass is 9.86. The zero-order chi connectivity index (χ0) is 25.5. The van der Waals surface area contributed by atoms with Crippen LogP contribution in [-0.2, 0) is 26.2 Å². The van der Waals surface area contributed by atoms with Gasteiger partial charge >= 0.3 is 5.97 Å². The van der Waals surface area contributed by atoms with Crippen molar-refractivity contribution in [2.45, 2.75) is 86.0 Å². The number of hydrogen-bond acceptors (Lipinski definition) is 5. The van der Waals surface area contributed by atoms with Crippen molar-refractivity contribution in [3.8, 4) is 0 Å². The highest BCUT2D eigenvalue weighted by atomic mass is 35.5. The van der Waals surface area contributed by atoms with E-state index in [9.17, 15) is 4.79 Å². The van der Waals surface area contributed by atoms with Crippen LogP contribution in [-0.4, -0.2) is 35.3 Å². The second-order valence-electron chi connectivity index (χ2n) is 9.30. The molecule has 7 heteroatoms. The highest BCUT2D eigenvalue weighted by molar-refractivity contribution is 6.33. The van der Waals surface area contributed by atoms with Gasteiger partial charge in [0, 0.05) is 38.7 Å². The average molecular weight is 488 g/mol. The number of aliphatic imine (C=N–C) groups is 1. The first kappa shape index (κ1) is 27.6. The van der Waals surface area contributed by atoms with Crippen LogP contribution in [0.5, 0.6) is 0 Å². The number of halogens is 1. The van der Waals surface area contributed by atoms with Crippen LogP contribution in [0.4, 0.5) is 0 Å². The molecule has 0 saturated heterocycles. The first-order valence-electron chi connectivity index (χ1n) is 11.9. The smallest absolute Gasteiger partial charge is 0.308 e. The third-order valence-electron chi connectivity index (χ3n) is 5.45. The lowest BCUT2D eigenvalue weighted by Gasteiger charge is -2.22. The van der Waals surface area contributed by atoms with Gasteiger partial charge in [0.15, 0.2) is 5.76 Å². The third kappa shape index (κ3) is 6.95. The van der Waals surface area contributed by atoms with Gasteiger partial charge in [-0.15, -0.1) is 0 Å². The van der Waals surface area contributed by atoms with E-state index in [-0.39, 0.29) is 11.4 Å². The monoisotopic (exact) mass is 487 g/mol. The van der Waals surface area contributed by atoms with Crippen LogP contribution in [0.15, 0.2) is 29.3 Å². The Kier molecular flexibility index (Phi) is 9.92. The first-order valence-corrected chi connectivity index (χ1v) is 12.3. The lowest BCUT2D eigenvalue weighted by Crippen LogP contribution is -2.19. The fourth-order valence-corrected chi connectivity index (χ4v) is 3.77. The number of aromatic nitrogens is 2. The van der Waals surface area contributed by atoms with Crippen molar-refractivity contribution in [1.82, 2.24) is 9.78 Å². The van der Waals surface area contributed by atoms with E-state index in [1.54, 1.807) is 24.9 Å². The number of esters is 1. The van der Waals surface area contributed by atoms with Gasteiger partial charge in [0.05, 0.1) is 10.7 Å². The molecule has 1 aromatic carbocycles. The summed E-state index contributed by atoms with van der Waals surface area (Å²) in [6.45, 7) is 14.7. The quantitative estimate of drug-likeness (QED) is 0.159. The molecule has 6 nitrogen and oxygen atoms in total. The Balaban J connectivity index is 2.64. The molecule has 0 aliphatic carbocycles. The maximum atomic E-state index is 12.2. The Morgan fingerprint density at radius 2 is 1.85 bits per heavy atom. The number of hydrogen-bond donors (Lipinski definition) is 0. The van der Waals surface area contributed by atoms with Crippen molar-refractivity contribution in [2.75, 3.05) is 7.05 Å². The second kappa shape index (κ2) is 12.2. The fourth-order valence-electron chi connectivity index (χ4n) is 3.55. The van der Waals surface area contributed by atoms with Gasteiger partial charge in [-0.05, 0) is 36.8 Å². The Morgan fingerprint density at radius 3 is 2.38 bits per heavy atom. The van der Waals surface area contributed by atoms with Crippen LogP contribution in [0.2, 0.25) is 5.02 Å². The second-order valence-corrected chi connectivity index (χ2v) is 9.68. The summed E-state index contributed by atoms with van der Waals surface area (Å²) in [7, 11) is 1.71. The van der Waals surface area contributed by atoms with E-state index in [0.717, 1.165) is 24.0 Å². The highest BCUT2D eigenvalue weighted by Gasteiger charge is 2.25. The topological polar surface area (TPSA) is 65.7 Å². The molecule has 0 bridgehead atoms. The number of ether oxygens (including phenoxy) is 2. The molecule has 1 unspecified atom stereocenters. The summed E-state index contributed by atoms with van der Waals surface area (Å²) < 4.78 is 13.6. The standard InChI is InChI=1S/C27H38ClN3O3/c1-9-11-12-23(32)33-19(4)34-26(25-24(28)18(3)30-31(25)10-2)22(17-29-8)20-13-15-21(16-14-20)27(5,6)7/h13-17,19H,9-12H2,1-8H3/b26-22-,29-17?. The predicted molar refractivity (Wildman–Crippen MR) is 140 cm³/mol. The summed E-state index contributed by atoms with van der Waals surface area (Å²) >= 11 is 6.71. The number of rotatable bonds is 10. The molecular formula is C27H38ClN3O3. The van der Waals surface area contributed by atoms with E-state index in [2.05, 4.69) is 43.0 Å². The number of benzene rings is 1. The molecule has 0 saturated carbocycles. The van der Waals surface area contributed by atoms with Gasteiger partial charge in [-0.2, -0.15) is 5.10 Å². The van der Waals surface area contributed by atoms with E-state index in [4.69, 9.17) is 21.1 Å². The molecule has 2 aromatic rings. The Hall–Kier alpha value is -2.60. The molecular weight excluding hydrogens is 450 g/mol. The number of nitrogens with zero attached hydrogens (tertiary/aromatic N) is 3. The summed E-state index contributed by atoms with van der Waals surface area (Å²) in [6, 6.07) is 8.31. The fraction of sp³-hybridized carbons (Fsp3) is 0.519. The van der Waals surface area contributed by atoms with Crippen LogP contribution >= 0.6 is 11.6 Å². The normalized spacial score (nSPS) is 13.7. The first-order chi connectivity index (χ1) is 16.0. The molecule has 1 atom stereocenters. The van der Waals surface area contributed by atoms with Crippen LogP contribution in [0.25, 0.3) is 11.3 Å². The summed E-state index contributed by atoms with van der Waals surface area (Å²) in [4.78, 5) is 16.5. The van der Waals surface area contributed by atoms with Gasteiger partial charge < -0.3 is 9.47 Å². The minimum absolute atomic E-state index is 0.0308. The summed E-state index contributed by atoms with van der Waals surface area (Å²) in [5.74, 6) is 0.178. The van der Waals surface area contributed by atoms with Gasteiger partial charge in [0.1, 0.15) is 5.69 Å². The molecule has 2 rings (SSSR count). The largest absolute Gasteiger partial charge is 0.452 e. The molecule has 0 N–H and O–H groups in total. The SMILES string of the molecule is CCCCC(=O)OC(C)O/C(=C(/C=NC)c1ccc(C(C)(C)C)cc1)c1c(Cl)c(C)nn1CC. The zero-order valence-electron chi connectivity index (χ0n) is 21.7. The molecule has 0 spiro atoms. The maximum Gasteiger partial charge on any atom is 0.308 e. The number of aryl methyl sites for hydroxylation is 2. The van der Waals surface area contributed by atoms with Crippen LogP contribution in [0, 0.1) is 6.92 Å². The molecule has 0 aliphatic rings. The average Bonchev–Trinajstić information content (AvgIpc) is 3.07. The van der Waals surface area contributed by atoms with E-state index in [0.29, 0.717) is 35.1 Å². The molecule has 0 fully saturated rings. The molecule has 0 amide bonds. The van der Waals surface area contributed by atoms with Crippen molar-refractivity contribution < 1.29 is 14.3 Å². The lowest BCUT2D eigenvalue weighted by molar-refractivity contribution is -0.164. The summed E-state index contributed by atoms with van der Waals surface area (Å²) in [6.07, 6.45) is 2.97. The van der Waals surface area contributed by atoms with E-state index < -0.39 is 6.29 Å². The molecule has 34 heavy (non-hydrogen) atoms. The van der Waals surface area contributed by atoms with E-state index in [1.165, 1.54) is 5.56 Å². The van der Waals surface area contributed by atoms with Crippen LogP contribution in [0.1, 0.15) is 83.3 Å². The highest BCUT2D eigenvalue weighted by Crippen LogP contribution is 2.35. The summed E-state index contributed by atoms with van der Waals surface area (Å²) in [5, 5.41) is 5.05. The Morgan fingerprint density at radius 1 is 1.21 bits per heavy atom. The van der Waals surface area contributed by atoms with Crippen molar-refractivity contribution in [2.24, 2.45) is 4.99 Å². The van der Waals surface area contributed by atoms with E-state index >= 15 is 0 Å². The number of carbonyl (C=O) groups is 1. The van der Waals surface area contributed by atoms with Crippen molar-refractivity contribution in [3.63, 3.8) is 0 Å². The Bertz CT molecular complexity index is 1030. The zero-order valence-corrected chi connectivity index (χ0v) is 22.5. The number of allylic oxidation sites excluding steroid dienone is 1. The number of carbonyl (C=O) groups excluding carboxylic acids is 1. The van der Waals surface area contributed by atoms with Gasteiger partial charge in [-0.1, -0.05) is 70.0 Å². The predicted octanol–water partition coefficient (Wildman–Crippen LogP) is 6.83. The van der Waals surface area contributed by atoms with Crippen LogP contribution < -0.4 is 0 Å². The van der Waals surface area contributed by atoms with Crippen molar-refractivity contribution >= 4 is 35.1 Å². The molecule has 1 heterocycles. The third-order valence-corrected chi connectivity index (χ3v) is 5.90. The summed E-state index contributed by atoms with van der Waals surface area (Å²) in [5.41, 5.74) is 4.23. The van der Waals surface area contributed by atoms with Gasteiger partial charge in [-0.25, -0.2) is 0 Å². The van der Waals surface area contributed by atoms with Crippen molar-refractivity contribution in [1.29, 1.82) is 0 Å². The molecule has 1 aromatic heterocycles. The Labute approximate surface area is 209 Å². The van der Waals surface area contributed by atoms with E-state index in [1.807, 2.05) is 32.9 Å². The van der Waals surface area contributed by atoms with Crippen molar-refractivity contribution in [3.05, 3.63) is 51.8 Å². The molecule has 186 valence electrons. The molecule has 0 radical (unpaired) electrons. The maximum absolute atomic E-state index is 12.2.